The minimum absolute atomic E-state index is 0. The molecule has 12 N–H and O–H groups in total. The lowest BCUT2D eigenvalue weighted by molar-refractivity contribution is -0.149. The largest absolute Gasteiger partial charge is 0.480 e. The predicted molar refractivity (Wildman–Crippen MR) is 246 cm³/mol. The summed E-state index contributed by atoms with van der Waals surface area (Å²) in [6.45, 7) is 1.37. The van der Waals surface area contributed by atoms with Gasteiger partial charge in [-0.25, -0.2) is 0 Å². The van der Waals surface area contributed by atoms with Gasteiger partial charge >= 0.3 is 26.2 Å². The summed E-state index contributed by atoms with van der Waals surface area (Å²) in [6.07, 6.45) is 9.88. The molecule has 0 bridgehead atoms. The number of unbranched alkanes of at least 4 members (excludes halogenated alkanes) is 2. The normalized spacial score (nSPS) is 19.7. The molecule has 60 heavy (non-hydrogen) atoms. The summed E-state index contributed by atoms with van der Waals surface area (Å²) in [5.41, 5.74) is 14.2. The zero-order chi connectivity index (χ0) is 40.3. The van der Waals surface area contributed by atoms with Crippen molar-refractivity contribution in [2.75, 3.05) is 0 Å². The molecule has 20 heteroatoms. The standard InChI is InChI=1S/2C20H28BN3O4.4ClH/c2*22-20(19(25)26,8-1-2-9-21(27)28)16-11-17(12-16)24-13-15-6-3-5-14-7-4-10-23-18(14)15;;;;/h2*3-7,10,16-17,24,27-28H,1-2,8-9,11-13,22H2,(H,25,26);4*1H. The maximum absolute atomic E-state index is 11.8. The van der Waals surface area contributed by atoms with Crippen LogP contribution in [-0.4, -0.2) is 89.6 Å². The second-order valence-corrected chi connectivity index (χ2v) is 15.6. The lowest BCUT2D eigenvalue weighted by Crippen LogP contribution is -2.61. The third-order valence-corrected chi connectivity index (χ3v) is 11.7. The molecule has 0 amide bonds. The van der Waals surface area contributed by atoms with Crippen molar-refractivity contribution < 1.29 is 39.9 Å². The highest BCUT2D eigenvalue weighted by molar-refractivity contribution is 6.41. The monoisotopic (exact) mass is 914 g/mol. The average molecular weight is 916 g/mol. The number of rotatable bonds is 20. The fourth-order valence-electron chi connectivity index (χ4n) is 8.00. The third-order valence-electron chi connectivity index (χ3n) is 11.7. The van der Waals surface area contributed by atoms with E-state index in [0.717, 1.165) is 58.6 Å². The van der Waals surface area contributed by atoms with Crippen LogP contribution in [0.25, 0.3) is 21.8 Å². The van der Waals surface area contributed by atoms with E-state index in [4.69, 9.17) is 31.6 Å². The summed E-state index contributed by atoms with van der Waals surface area (Å²) >= 11 is 0. The van der Waals surface area contributed by atoms with Crippen molar-refractivity contribution in [1.29, 1.82) is 0 Å². The molecule has 6 rings (SSSR count). The molecule has 2 fully saturated rings. The number of hydrogen-bond donors (Lipinski definition) is 10. The Kier molecular flexibility index (Phi) is 23.9. The zero-order valence-electron chi connectivity index (χ0n) is 33.5. The number of carbonyl (C=O) groups is 2. The lowest BCUT2D eigenvalue weighted by Gasteiger charge is -2.45. The number of fused-ring (bicyclic) bond motifs is 2. The maximum atomic E-state index is 11.8. The van der Waals surface area contributed by atoms with Crippen LogP contribution in [0.1, 0.15) is 75.3 Å². The first-order valence-electron chi connectivity index (χ1n) is 19.7. The van der Waals surface area contributed by atoms with Gasteiger partial charge in [0.05, 0.1) is 11.0 Å². The van der Waals surface area contributed by atoms with Gasteiger partial charge in [-0.15, -0.1) is 49.6 Å². The Morgan fingerprint density at radius 3 is 1.28 bits per heavy atom. The van der Waals surface area contributed by atoms with Gasteiger partial charge < -0.3 is 52.4 Å². The van der Waals surface area contributed by atoms with Crippen molar-refractivity contribution in [3.05, 3.63) is 84.2 Å². The Morgan fingerprint density at radius 2 is 0.950 bits per heavy atom. The molecule has 0 spiro atoms. The van der Waals surface area contributed by atoms with E-state index in [1.807, 2.05) is 48.5 Å². The number of halogens is 4. The molecular formula is C40H60B2Cl4N6O8. The Hall–Kier alpha value is -2.83. The Morgan fingerprint density at radius 1 is 0.600 bits per heavy atom. The first-order valence-corrected chi connectivity index (χ1v) is 19.7. The SMILES string of the molecule is Cl.Cl.Cl.Cl.NC(CCCCB(O)O)(C(=O)O)C1CC(NCc2cccc3cccnc23)C1.NC(CCCCB(O)O)(C(=O)O)C1CC(NCc2cccc3cccnc23)C1. The van der Waals surface area contributed by atoms with Crippen molar-refractivity contribution in [1.82, 2.24) is 20.6 Å². The van der Waals surface area contributed by atoms with Crippen LogP contribution in [0.4, 0.5) is 0 Å². The Balaban J connectivity index is 0.000000562. The van der Waals surface area contributed by atoms with E-state index >= 15 is 0 Å². The van der Waals surface area contributed by atoms with Crippen LogP contribution in [0, 0.1) is 11.8 Å². The van der Waals surface area contributed by atoms with E-state index in [-0.39, 0.29) is 86.2 Å². The molecule has 2 aromatic heterocycles. The fourth-order valence-corrected chi connectivity index (χ4v) is 8.00. The van der Waals surface area contributed by atoms with Crippen LogP contribution in [0.5, 0.6) is 0 Å². The molecule has 2 aliphatic carbocycles. The number of benzene rings is 2. The van der Waals surface area contributed by atoms with Gasteiger partial charge in [-0.05, 0) is 86.3 Å². The quantitative estimate of drug-likeness (QED) is 0.0425. The van der Waals surface area contributed by atoms with E-state index in [2.05, 4.69) is 32.7 Å². The number of aromatic nitrogens is 2. The van der Waals surface area contributed by atoms with Gasteiger partial charge in [0.1, 0.15) is 11.1 Å². The first kappa shape index (κ1) is 55.2. The molecule has 0 aliphatic heterocycles. The van der Waals surface area contributed by atoms with Crippen LogP contribution in [0.3, 0.4) is 0 Å². The molecule has 332 valence electrons. The summed E-state index contributed by atoms with van der Waals surface area (Å²) in [7, 11) is -2.70. The number of para-hydroxylation sites is 2. The van der Waals surface area contributed by atoms with Gasteiger partial charge in [0.15, 0.2) is 0 Å². The third kappa shape index (κ3) is 14.6. The van der Waals surface area contributed by atoms with E-state index in [1.165, 1.54) is 0 Å². The number of carboxylic acids is 2. The van der Waals surface area contributed by atoms with Crippen molar-refractivity contribution in [2.45, 2.75) is 113 Å². The Labute approximate surface area is 377 Å². The maximum Gasteiger partial charge on any atom is 0.451 e. The number of carboxylic acid groups (broad SMARTS) is 2. The molecular weight excluding hydrogens is 856 g/mol. The average Bonchev–Trinajstić information content (AvgIpc) is 3.14. The molecule has 2 atom stereocenters. The summed E-state index contributed by atoms with van der Waals surface area (Å²) < 4.78 is 0. The summed E-state index contributed by atoms with van der Waals surface area (Å²) in [5, 5.41) is 64.1. The fraction of sp³-hybridized carbons (Fsp3) is 0.500. The number of hydrogen-bond acceptors (Lipinski definition) is 12. The van der Waals surface area contributed by atoms with Gasteiger partial charge in [0, 0.05) is 48.3 Å². The van der Waals surface area contributed by atoms with Gasteiger partial charge in [0.2, 0.25) is 0 Å². The minimum atomic E-state index is -1.35. The minimum Gasteiger partial charge on any atom is -0.480 e. The smallest absolute Gasteiger partial charge is 0.451 e. The van der Waals surface area contributed by atoms with Crippen LogP contribution in [0.2, 0.25) is 12.6 Å². The van der Waals surface area contributed by atoms with E-state index in [9.17, 15) is 19.8 Å². The van der Waals surface area contributed by atoms with Crippen molar-refractivity contribution >= 4 is 97.6 Å². The number of pyridine rings is 2. The van der Waals surface area contributed by atoms with E-state index in [1.54, 1.807) is 12.4 Å². The van der Waals surface area contributed by atoms with E-state index in [0.29, 0.717) is 51.6 Å². The van der Waals surface area contributed by atoms with Gasteiger partial charge in [-0.2, -0.15) is 0 Å². The highest BCUT2D eigenvalue weighted by atomic mass is 35.5. The van der Waals surface area contributed by atoms with Gasteiger partial charge in [-0.1, -0.05) is 74.2 Å². The number of nitrogens with two attached hydrogens (primary N) is 2. The van der Waals surface area contributed by atoms with Gasteiger partial charge in [-0.3, -0.25) is 19.6 Å². The van der Waals surface area contributed by atoms with Gasteiger partial charge in [0.25, 0.3) is 0 Å². The Bertz CT molecular complexity index is 1770. The lowest BCUT2D eigenvalue weighted by atomic mass is 9.66. The van der Waals surface area contributed by atoms with Crippen LogP contribution >= 0.6 is 49.6 Å². The number of aliphatic carboxylic acids is 2. The van der Waals surface area contributed by atoms with E-state index < -0.39 is 37.3 Å². The molecule has 2 saturated carbocycles. The predicted octanol–water partition coefficient (Wildman–Crippen LogP) is 4.74. The zero-order valence-corrected chi connectivity index (χ0v) is 36.7. The second-order valence-electron chi connectivity index (χ2n) is 15.6. The van der Waals surface area contributed by atoms with Crippen LogP contribution in [0.15, 0.2) is 73.1 Å². The number of nitrogens with zero attached hydrogens (tertiary/aromatic N) is 2. The molecule has 2 aromatic carbocycles. The summed E-state index contributed by atoms with van der Waals surface area (Å²) in [6, 6.07) is 20.6. The molecule has 4 aromatic rings. The van der Waals surface area contributed by atoms with Crippen LogP contribution < -0.4 is 22.1 Å². The number of nitrogens with one attached hydrogen (secondary N) is 2. The summed E-state index contributed by atoms with van der Waals surface area (Å²) in [5.74, 6) is -2.10. The molecule has 2 unspecified atom stereocenters. The molecule has 2 heterocycles. The first-order chi connectivity index (χ1) is 26.8. The van der Waals surface area contributed by atoms with Crippen molar-refractivity contribution in [3.63, 3.8) is 0 Å². The molecule has 0 radical (unpaired) electrons. The molecule has 0 saturated heterocycles. The topological polar surface area (TPSA) is 257 Å². The van der Waals surface area contributed by atoms with Crippen LogP contribution in [-0.2, 0) is 22.7 Å². The molecule has 2 aliphatic rings. The van der Waals surface area contributed by atoms with Crippen molar-refractivity contribution in [3.8, 4) is 0 Å². The molecule has 14 nitrogen and oxygen atoms in total. The van der Waals surface area contributed by atoms with Crippen molar-refractivity contribution in [2.24, 2.45) is 23.3 Å². The highest BCUT2D eigenvalue weighted by Gasteiger charge is 2.49. The second kappa shape index (κ2) is 25.9. The highest BCUT2D eigenvalue weighted by Crippen LogP contribution is 2.40. The summed E-state index contributed by atoms with van der Waals surface area (Å²) in [4.78, 5) is 32.4.